The van der Waals surface area contributed by atoms with Gasteiger partial charge in [-0.1, -0.05) is 0 Å². The standard InChI is InChI=1S/C19H24N2O4/c22-16-3-1-15(2-4-16)21-11-9-20(10-12-21)13-18(24)14-25-19-7-5-17(23)6-8-19/h1-8,18,22-24H,9-14H2/t18-/m1/s1. The van der Waals surface area contributed by atoms with E-state index in [1.807, 2.05) is 12.1 Å². The number of phenols is 2. The fourth-order valence-electron chi connectivity index (χ4n) is 2.94. The summed E-state index contributed by atoms with van der Waals surface area (Å²) in [6.45, 7) is 4.31. The van der Waals surface area contributed by atoms with Crippen molar-refractivity contribution in [1.29, 1.82) is 0 Å². The highest BCUT2D eigenvalue weighted by Gasteiger charge is 2.19. The maximum absolute atomic E-state index is 10.2. The average Bonchev–Trinajstić information content (AvgIpc) is 2.63. The summed E-state index contributed by atoms with van der Waals surface area (Å²) in [6, 6.07) is 13.7. The summed E-state index contributed by atoms with van der Waals surface area (Å²) in [5.41, 5.74) is 1.11. The number of hydrogen-bond donors (Lipinski definition) is 3. The van der Waals surface area contributed by atoms with E-state index in [4.69, 9.17) is 4.74 Å². The Kier molecular flexibility index (Phi) is 5.63. The molecule has 3 rings (SSSR count). The minimum atomic E-state index is -0.561. The van der Waals surface area contributed by atoms with E-state index in [1.165, 1.54) is 0 Å². The number of aliphatic hydroxyl groups excluding tert-OH is 1. The van der Waals surface area contributed by atoms with Crippen LogP contribution in [0.25, 0.3) is 0 Å². The van der Waals surface area contributed by atoms with Crippen LogP contribution in [0.4, 0.5) is 5.69 Å². The van der Waals surface area contributed by atoms with Gasteiger partial charge in [0.25, 0.3) is 0 Å². The van der Waals surface area contributed by atoms with Gasteiger partial charge in [0.05, 0.1) is 0 Å². The van der Waals surface area contributed by atoms with Gasteiger partial charge >= 0.3 is 0 Å². The third-order valence-corrected chi connectivity index (χ3v) is 4.34. The van der Waals surface area contributed by atoms with Crippen LogP contribution in [0.1, 0.15) is 0 Å². The van der Waals surface area contributed by atoms with Gasteiger partial charge in [-0.25, -0.2) is 0 Å². The Morgan fingerprint density at radius 2 is 1.40 bits per heavy atom. The molecular formula is C19H24N2O4. The van der Waals surface area contributed by atoms with Crippen molar-refractivity contribution < 1.29 is 20.1 Å². The Hall–Kier alpha value is -2.44. The van der Waals surface area contributed by atoms with Crippen LogP contribution >= 0.6 is 0 Å². The normalized spacial score (nSPS) is 16.6. The van der Waals surface area contributed by atoms with Crippen LogP contribution < -0.4 is 9.64 Å². The summed E-state index contributed by atoms with van der Waals surface area (Å²) in [5.74, 6) is 1.10. The SMILES string of the molecule is Oc1ccc(OC[C@H](O)CN2CCN(c3ccc(O)cc3)CC2)cc1. The first-order valence-electron chi connectivity index (χ1n) is 8.46. The largest absolute Gasteiger partial charge is 0.508 e. The Balaban J connectivity index is 1.40. The van der Waals surface area contributed by atoms with Crippen molar-refractivity contribution in [2.24, 2.45) is 0 Å². The van der Waals surface area contributed by atoms with Gasteiger partial charge in [-0.3, -0.25) is 4.90 Å². The lowest BCUT2D eigenvalue weighted by molar-refractivity contribution is 0.0663. The number of piperazine rings is 1. The fraction of sp³-hybridized carbons (Fsp3) is 0.368. The minimum absolute atomic E-state index is 0.194. The molecule has 134 valence electrons. The van der Waals surface area contributed by atoms with Gasteiger partial charge in [0.15, 0.2) is 0 Å². The fourth-order valence-corrected chi connectivity index (χ4v) is 2.94. The number of rotatable bonds is 6. The van der Waals surface area contributed by atoms with Crippen LogP contribution in [0.5, 0.6) is 17.2 Å². The van der Waals surface area contributed by atoms with E-state index in [-0.39, 0.29) is 18.1 Å². The van der Waals surface area contributed by atoms with Gasteiger partial charge in [0, 0.05) is 38.4 Å². The molecule has 1 atom stereocenters. The van der Waals surface area contributed by atoms with E-state index in [1.54, 1.807) is 36.4 Å². The van der Waals surface area contributed by atoms with E-state index in [0.717, 1.165) is 31.9 Å². The molecule has 0 bridgehead atoms. The van der Waals surface area contributed by atoms with Gasteiger partial charge in [0.1, 0.15) is 30.0 Å². The summed E-state index contributed by atoms with van der Waals surface area (Å²) in [6.07, 6.45) is -0.561. The first-order chi connectivity index (χ1) is 12.1. The quantitative estimate of drug-likeness (QED) is 0.740. The number of aromatic hydroxyl groups is 2. The maximum atomic E-state index is 10.2. The Morgan fingerprint density at radius 1 is 0.840 bits per heavy atom. The van der Waals surface area contributed by atoms with Crippen molar-refractivity contribution >= 4 is 5.69 Å². The highest BCUT2D eigenvalue weighted by Crippen LogP contribution is 2.20. The highest BCUT2D eigenvalue weighted by atomic mass is 16.5. The van der Waals surface area contributed by atoms with Crippen molar-refractivity contribution in [2.45, 2.75) is 6.10 Å². The van der Waals surface area contributed by atoms with Gasteiger partial charge in [-0.2, -0.15) is 0 Å². The summed E-state index contributed by atoms with van der Waals surface area (Å²) in [4.78, 5) is 4.50. The van der Waals surface area contributed by atoms with Crippen LogP contribution in [0.15, 0.2) is 48.5 Å². The molecule has 0 spiro atoms. The molecule has 0 saturated carbocycles. The summed E-state index contributed by atoms with van der Waals surface area (Å²) >= 11 is 0. The first kappa shape index (κ1) is 17.4. The smallest absolute Gasteiger partial charge is 0.119 e. The van der Waals surface area contributed by atoms with Crippen LogP contribution in [0.3, 0.4) is 0 Å². The lowest BCUT2D eigenvalue weighted by Crippen LogP contribution is -2.49. The molecule has 0 aromatic heterocycles. The predicted octanol–water partition coefficient (Wildman–Crippen LogP) is 1.66. The van der Waals surface area contributed by atoms with Gasteiger partial charge < -0.3 is 25.0 Å². The zero-order valence-electron chi connectivity index (χ0n) is 14.1. The molecule has 0 unspecified atom stereocenters. The van der Waals surface area contributed by atoms with Gasteiger partial charge in [0.2, 0.25) is 0 Å². The van der Waals surface area contributed by atoms with Crippen molar-refractivity contribution in [3.05, 3.63) is 48.5 Å². The lowest BCUT2D eigenvalue weighted by Gasteiger charge is -2.36. The molecular weight excluding hydrogens is 320 g/mol. The summed E-state index contributed by atoms with van der Waals surface area (Å²) in [7, 11) is 0. The molecule has 25 heavy (non-hydrogen) atoms. The van der Waals surface area contributed by atoms with E-state index in [2.05, 4.69) is 9.80 Å². The third kappa shape index (κ3) is 5.01. The van der Waals surface area contributed by atoms with E-state index in [0.29, 0.717) is 12.3 Å². The van der Waals surface area contributed by atoms with Crippen molar-refractivity contribution in [3.63, 3.8) is 0 Å². The molecule has 1 fully saturated rings. The molecule has 1 saturated heterocycles. The topological polar surface area (TPSA) is 76.4 Å². The second-order valence-electron chi connectivity index (χ2n) is 6.26. The molecule has 6 nitrogen and oxygen atoms in total. The van der Waals surface area contributed by atoms with Crippen LogP contribution in [0, 0.1) is 0 Å². The van der Waals surface area contributed by atoms with Crippen LogP contribution in [-0.4, -0.2) is 65.7 Å². The van der Waals surface area contributed by atoms with E-state index in [9.17, 15) is 15.3 Å². The minimum Gasteiger partial charge on any atom is -0.508 e. The number of anilines is 1. The molecule has 1 aliphatic rings. The molecule has 3 N–H and O–H groups in total. The molecule has 6 heteroatoms. The van der Waals surface area contributed by atoms with Crippen LogP contribution in [-0.2, 0) is 0 Å². The van der Waals surface area contributed by atoms with Crippen LogP contribution in [0.2, 0.25) is 0 Å². The van der Waals surface area contributed by atoms with E-state index < -0.39 is 6.10 Å². The molecule has 0 aliphatic carbocycles. The number of β-amino-alcohol motifs (C(OH)–C–C–N with tert-alkyl or cyclic N) is 1. The Bertz CT molecular complexity index is 652. The Morgan fingerprint density at radius 3 is 2.00 bits per heavy atom. The number of nitrogens with zero attached hydrogens (tertiary/aromatic N) is 2. The molecule has 1 aliphatic heterocycles. The monoisotopic (exact) mass is 344 g/mol. The van der Waals surface area contributed by atoms with Gasteiger partial charge in [-0.15, -0.1) is 0 Å². The number of phenolic OH excluding ortho intramolecular Hbond substituents is 2. The zero-order valence-corrected chi connectivity index (χ0v) is 14.1. The van der Waals surface area contributed by atoms with Crippen molar-refractivity contribution in [2.75, 3.05) is 44.2 Å². The molecule has 2 aromatic carbocycles. The van der Waals surface area contributed by atoms with Crippen molar-refractivity contribution in [3.8, 4) is 17.2 Å². The number of hydrogen-bond acceptors (Lipinski definition) is 6. The molecule has 0 radical (unpaired) electrons. The Labute approximate surface area is 147 Å². The summed E-state index contributed by atoms with van der Waals surface area (Å²) in [5, 5.41) is 28.8. The van der Waals surface area contributed by atoms with E-state index >= 15 is 0 Å². The summed E-state index contributed by atoms with van der Waals surface area (Å²) < 4.78 is 5.54. The van der Waals surface area contributed by atoms with Gasteiger partial charge in [-0.05, 0) is 48.5 Å². The van der Waals surface area contributed by atoms with Crippen molar-refractivity contribution in [1.82, 2.24) is 4.90 Å². The second kappa shape index (κ2) is 8.09. The zero-order chi connectivity index (χ0) is 17.6. The third-order valence-electron chi connectivity index (χ3n) is 4.34. The molecule has 1 heterocycles. The lowest BCUT2D eigenvalue weighted by atomic mass is 10.2. The number of ether oxygens (including phenoxy) is 1. The maximum Gasteiger partial charge on any atom is 0.119 e. The highest BCUT2D eigenvalue weighted by molar-refractivity contribution is 5.49. The number of aliphatic hydroxyl groups is 1. The first-order valence-corrected chi connectivity index (χ1v) is 8.46. The average molecular weight is 344 g/mol. The number of benzene rings is 2. The molecule has 0 amide bonds. The second-order valence-corrected chi connectivity index (χ2v) is 6.26. The predicted molar refractivity (Wildman–Crippen MR) is 96.4 cm³/mol. The molecule has 2 aromatic rings.